The molecule has 0 aliphatic carbocycles. The summed E-state index contributed by atoms with van der Waals surface area (Å²) in [6.07, 6.45) is 0. The zero-order chi connectivity index (χ0) is 0. The molecule has 0 heterocycles. The second-order valence-corrected chi connectivity index (χ2v) is 0. The van der Waals surface area contributed by atoms with E-state index in [9.17, 15) is 0 Å². The van der Waals surface area contributed by atoms with Gasteiger partial charge in [0.2, 0.25) is 0 Å². The van der Waals surface area contributed by atoms with Crippen LogP contribution in [0.2, 0.25) is 0 Å². The third-order valence-corrected chi connectivity index (χ3v) is 0. The Bertz CT molecular complexity index is 6.00. The summed E-state index contributed by atoms with van der Waals surface area (Å²) >= 11 is 0. The van der Waals surface area contributed by atoms with Gasteiger partial charge < -0.3 is 11.0 Å². The maximum Gasteiger partial charge on any atom is 1.00 e. The molecule has 0 aromatic rings. The second-order valence-electron chi connectivity index (χ2n) is 0. The van der Waals surface area contributed by atoms with E-state index in [0.717, 1.165) is 0 Å². The van der Waals surface area contributed by atoms with Gasteiger partial charge in [0.15, 0.2) is 0 Å². The van der Waals surface area contributed by atoms with Crippen LogP contribution in [0.5, 0.6) is 0 Å². The van der Waals surface area contributed by atoms with Crippen molar-refractivity contribution in [3.05, 3.63) is 0 Å². The average Bonchev–Trinajstić information content (AvgIpc) is 0. The summed E-state index contributed by atoms with van der Waals surface area (Å²) in [5.74, 6) is 0. The molecule has 0 fully saturated rings. The van der Waals surface area contributed by atoms with Crippen LogP contribution < -0.4 is 18.9 Å². The van der Waals surface area contributed by atoms with Crippen molar-refractivity contribution in [3.8, 4) is 0 Å². The van der Waals surface area contributed by atoms with Crippen molar-refractivity contribution >= 4 is 0 Å². The maximum atomic E-state index is 0. The van der Waals surface area contributed by atoms with Crippen LogP contribution in [0.1, 0.15) is 0 Å². The predicted octanol–water partition coefficient (Wildman–Crippen LogP) is -4.00. The van der Waals surface area contributed by atoms with Crippen molar-refractivity contribution in [1.82, 2.24) is 0 Å². The molecule has 0 aromatic carbocycles. The van der Waals surface area contributed by atoms with Crippen LogP contribution >= 0.6 is 0 Å². The van der Waals surface area contributed by atoms with Gasteiger partial charge in [-0.15, -0.1) is 0 Å². The molecule has 3 N–H and O–H groups in total. The molecule has 2 nitrogen and oxygen atoms in total. The van der Waals surface area contributed by atoms with Crippen molar-refractivity contribution in [2.45, 2.75) is 0 Å². The van der Waals surface area contributed by atoms with E-state index in [1.807, 2.05) is 0 Å². The van der Waals surface area contributed by atoms with Gasteiger partial charge in [-0.05, 0) is 0 Å². The summed E-state index contributed by atoms with van der Waals surface area (Å²) in [7, 11) is 0. The van der Waals surface area contributed by atoms with E-state index >= 15 is 0 Å². The van der Waals surface area contributed by atoms with E-state index in [0.29, 0.717) is 0 Å². The van der Waals surface area contributed by atoms with Gasteiger partial charge in [-0.2, -0.15) is 0 Å². The van der Waals surface area contributed by atoms with Crippen LogP contribution in [0.15, 0.2) is 0 Å². The van der Waals surface area contributed by atoms with Gasteiger partial charge >= 0.3 is 18.9 Å². The molecular formula is H3LiNiO2. The first-order valence-corrected chi connectivity index (χ1v) is 0. The number of rotatable bonds is 0. The summed E-state index contributed by atoms with van der Waals surface area (Å²) in [5, 5.41) is 0. The Morgan fingerprint density at radius 3 is 1.00 bits per heavy atom. The summed E-state index contributed by atoms with van der Waals surface area (Å²) in [4.78, 5) is 0. The van der Waals surface area contributed by atoms with Crippen LogP contribution in [-0.2, 0) is 16.5 Å². The monoisotopic (exact) mass is 100.0 g/mol. The Morgan fingerprint density at radius 1 is 1.00 bits per heavy atom. The molecule has 26 valence electrons. The van der Waals surface area contributed by atoms with Crippen LogP contribution in [0.3, 0.4) is 0 Å². The maximum absolute atomic E-state index is 0. The number of hydrogen-bond donors (Lipinski definition) is 0. The molecule has 0 spiro atoms. The van der Waals surface area contributed by atoms with Gasteiger partial charge in [0.25, 0.3) is 0 Å². The van der Waals surface area contributed by atoms with Gasteiger partial charge in [0, 0.05) is 16.5 Å². The molecule has 0 aliphatic rings. The second kappa shape index (κ2) is 35.6. The Kier molecular flexibility index (Phi) is 702. The Labute approximate surface area is 46.7 Å². The molecule has 0 bridgehead atoms. The van der Waals surface area contributed by atoms with Gasteiger partial charge in [-0.25, -0.2) is 0 Å². The first kappa shape index (κ1) is 78.9. The van der Waals surface area contributed by atoms with Crippen LogP contribution in [0.25, 0.3) is 0 Å². The fourth-order valence-electron chi connectivity index (χ4n) is 0. The van der Waals surface area contributed by atoms with Gasteiger partial charge in [-0.3, -0.25) is 0 Å². The Hall–Kier alpha value is 1.01. The zero-order valence-electron chi connectivity index (χ0n) is 2.26. The molecule has 0 aromatic heterocycles. The first-order chi connectivity index (χ1) is 0. The van der Waals surface area contributed by atoms with E-state index in [2.05, 4.69) is 0 Å². The third kappa shape index (κ3) is 11.9. The standard InChI is InChI=1S/Li.Ni.2H2O/h;;2*1H2/q+1;;;/p-1. The quantitative estimate of drug-likeness (QED) is 0.286. The van der Waals surface area contributed by atoms with Crippen molar-refractivity contribution in [2.75, 3.05) is 0 Å². The van der Waals surface area contributed by atoms with Gasteiger partial charge in [0.05, 0.1) is 0 Å². The minimum Gasteiger partial charge on any atom is -0.870 e. The van der Waals surface area contributed by atoms with Crippen LogP contribution in [-0.4, -0.2) is 11.0 Å². The molecule has 0 unspecified atom stereocenters. The molecule has 0 saturated carbocycles. The van der Waals surface area contributed by atoms with Gasteiger partial charge in [0.1, 0.15) is 0 Å². The minimum absolute atomic E-state index is 0. The molecule has 0 rings (SSSR count). The van der Waals surface area contributed by atoms with Crippen molar-refractivity contribution in [2.24, 2.45) is 0 Å². The molecule has 0 saturated heterocycles. The van der Waals surface area contributed by atoms with Crippen molar-refractivity contribution in [3.63, 3.8) is 0 Å². The molecule has 0 amide bonds. The van der Waals surface area contributed by atoms with E-state index in [1.165, 1.54) is 0 Å². The summed E-state index contributed by atoms with van der Waals surface area (Å²) in [5.41, 5.74) is 0. The zero-order valence-corrected chi connectivity index (χ0v) is 3.25. The fourth-order valence-corrected chi connectivity index (χ4v) is 0. The van der Waals surface area contributed by atoms with E-state index in [1.54, 1.807) is 0 Å². The average molecular weight is 101 g/mol. The third-order valence-electron chi connectivity index (χ3n) is 0. The Morgan fingerprint density at radius 2 is 1.00 bits per heavy atom. The van der Waals surface area contributed by atoms with Crippen LogP contribution in [0, 0.1) is 0 Å². The normalized spacial score (nSPS) is 0. The summed E-state index contributed by atoms with van der Waals surface area (Å²) in [6.45, 7) is 0. The fraction of sp³-hybridized carbons (Fsp3) is 0. The summed E-state index contributed by atoms with van der Waals surface area (Å²) in [6, 6.07) is 0. The topological polar surface area (TPSA) is 61.5 Å². The van der Waals surface area contributed by atoms with Gasteiger partial charge in [-0.1, -0.05) is 0 Å². The molecule has 4 heavy (non-hydrogen) atoms. The number of hydrogen-bond acceptors (Lipinski definition) is 1. The molecule has 0 aliphatic heterocycles. The van der Waals surface area contributed by atoms with Crippen molar-refractivity contribution < 1.29 is 46.3 Å². The first-order valence-electron chi connectivity index (χ1n) is 0. The molecular weight excluding hydrogens is 97.6 g/mol. The summed E-state index contributed by atoms with van der Waals surface area (Å²) < 4.78 is 0. The Balaban J connectivity index is 0. The minimum atomic E-state index is 0. The molecule has 0 atom stereocenters. The smallest absolute Gasteiger partial charge is 0.870 e. The van der Waals surface area contributed by atoms with E-state index < -0.39 is 0 Å². The van der Waals surface area contributed by atoms with E-state index in [-0.39, 0.29) is 46.3 Å². The van der Waals surface area contributed by atoms with Crippen LogP contribution in [0.4, 0.5) is 0 Å². The van der Waals surface area contributed by atoms with E-state index in [4.69, 9.17) is 0 Å². The SMILES string of the molecule is O.[Li+].[Ni].[OH-]. The predicted molar refractivity (Wildman–Crippen MR) is 5.55 cm³/mol. The largest absolute Gasteiger partial charge is 1.00 e. The molecule has 0 radical (unpaired) electrons. The van der Waals surface area contributed by atoms with Crippen molar-refractivity contribution in [1.29, 1.82) is 0 Å². The molecule has 4 heteroatoms.